The first-order chi connectivity index (χ1) is 7.58. The smallest absolute Gasteiger partial charge is 0.317 e. The molecule has 0 fully saturated rings. The van der Waals surface area contributed by atoms with Gasteiger partial charge >= 0.3 is 11.5 Å². The van der Waals surface area contributed by atoms with E-state index in [2.05, 4.69) is 15.3 Å². The van der Waals surface area contributed by atoms with Gasteiger partial charge in [0.05, 0.1) is 5.75 Å². The Morgan fingerprint density at radius 3 is 3.00 bits per heavy atom. The molecule has 0 atom stereocenters. The van der Waals surface area contributed by atoms with Crippen LogP contribution in [0.2, 0.25) is 0 Å². The Morgan fingerprint density at radius 2 is 2.31 bits per heavy atom. The number of fused-ring (bicyclic) bond motifs is 1. The molecule has 3 N–H and O–H groups in total. The molecule has 2 aromatic heterocycles. The highest BCUT2D eigenvalue weighted by Gasteiger charge is 2.11. The van der Waals surface area contributed by atoms with Crippen LogP contribution in [0.5, 0.6) is 0 Å². The van der Waals surface area contributed by atoms with Crippen LogP contribution < -0.4 is 11.3 Å². The van der Waals surface area contributed by atoms with Gasteiger partial charge in [-0.2, -0.15) is 4.52 Å². The van der Waals surface area contributed by atoms with Crippen molar-refractivity contribution in [3.8, 4) is 0 Å². The van der Waals surface area contributed by atoms with E-state index < -0.39 is 11.5 Å². The average molecular weight is 259 g/mol. The summed E-state index contributed by atoms with van der Waals surface area (Å²) in [4.78, 5) is 22.1. The molecular weight excluding hydrogens is 254 g/mol. The van der Waals surface area contributed by atoms with E-state index in [1.165, 1.54) is 0 Å². The molecule has 0 unspecified atom stereocenters. The highest BCUT2D eigenvalue weighted by Crippen LogP contribution is 2.22. The predicted molar refractivity (Wildman–Crippen MR) is 57.7 cm³/mol. The Bertz CT molecular complexity index is 606. The van der Waals surface area contributed by atoms with Gasteiger partial charge in [-0.25, -0.2) is 0 Å². The van der Waals surface area contributed by atoms with Gasteiger partial charge in [0.15, 0.2) is 4.34 Å². The Labute approximate surface area is 96.1 Å². The Kier molecular flexibility index (Phi) is 2.75. The number of carbonyl (C=O) groups is 1. The molecule has 0 aromatic carbocycles. The summed E-state index contributed by atoms with van der Waals surface area (Å²) in [5.41, 5.74) is 4.72. The van der Waals surface area contributed by atoms with Gasteiger partial charge in [0.25, 0.3) is 0 Å². The second-order valence-electron chi connectivity index (χ2n) is 2.64. The van der Waals surface area contributed by atoms with Crippen molar-refractivity contribution in [1.82, 2.24) is 19.8 Å². The number of nitrogens with two attached hydrogens (primary N) is 1. The molecule has 2 rings (SSSR count). The zero-order valence-corrected chi connectivity index (χ0v) is 9.29. The number of anilines is 1. The van der Waals surface area contributed by atoms with Gasteiger partial charge in [0, 0.05) is 0 Å². The molecule has 84 valence electrons. The van der Waals surface area contributed by atoms with Gasteiger partial charge in [-0.15, -0.1) is 15.3 Å². The predicted octanol–water partition coefficient (Wildman–Crippen LogP) is -0.695. The molecule has 2 heterocycles. The number of hydrogen-bond donors (Lipinski definition) is 2. The number of nitrogens with zero attached hydrogens (tertiary/aromatic N) is 4. The minimum absolute atomic E-state index is 0.127. The van der Waals surface area contributed by atoms with E-state index in [-0.39, 0.29) is 16.5 Å². The van der Waals surface area contributed by atoms with Gasteiger partial charge < -0.3 is 10.8 Å². The van der Waals surface area contributed by atoms with Crippen LogP contribution in [-0.2, 0) is 4.79 Å². The number of aromatic nitrogens is 4. The summed E-state index contributed by atoms with van der Waals surface area (Å²) >= 11 is 2.09. The summed E-state index contributed by atoms with van der Waals surface area (Å²) < 4.78 is 1.44. The summed E-state index contributed by atoms with van der Waals surface area (Å²) in [6.45, 7) is 0. The molecular formula is C6H5N5O3S2. The lowest BCUT2D eigenvalue weighted by Gasteiger charge is -1.89. The SMILES string of the molecule is Nc1nnc2sc(SCC(=O)O)nn2c1=O. The van der Waals surface area contributed by atoms with Crippen LogP contribution >= 0.6 is 23.1 Å². The maximum Gasteiger partial charge on any atom is 0.317 e. The first-order valence-corrected chi connectivity index (χ1v) is 5.75. The number of carboxylic acids is 1. The van der Waals surface area contributed by atoms with Gasteiger partial charge in [0.2, 0.25) is 10.8 Å². The molecule has 0 saturated carbocycles. The van der Waals surface area contributed by atoms with Crippen LogP contribution in [0.3, 0.4) is 0 Å². The van der Waals surface area contributed by atoms with Gasteiger partial charge in [-0.3, -0.25) is 9.59 Å². The van der Waals surface area contributed by atoms with Crippen LogP contribution in [-0.4, -0.2) is 36.6 Å². The molecule has 0 radical (unpaired) electrons. The van der Waals surface area contributed by atoms with Crippen LogP contribution in [0.1, 0.15) is 0 Å². The van der Waals surface area contributed by atoms with Crippen molar-refractivity contribution in [2.75, 3.05) is 11.5 Å². The number of nitrogen functional groups attached to an aromatic ring is 1. The van der Waals surface area contributed by atoms with Crippen molar-refractivity contribution >= 4 is 39.8 Å². The topological polar surface area (TPSA) is 123 Å². The van der Waals surface area contributed by atoms with E-state index in [1.54, 1.807) is 0 Å². The van der Waals surface area contributed by atoms with Crippen molar-refractivity contribution in [1.29, 1.82) is 0 Å². The summed E-state index contributed by atoms with van der Waals surface area (Å²) in [5.74, 6) is -1.32. The van der Waals surface area contributed by atoms with Crippen LogP contribution in [0.25, 0.3) is 4.96 Å². The summed E-state index contributed by atoms with van der Waals surface area (Å²) in [7, 11) is 0. The number of carboxylic acid groups (broad SMARTS) is 1. The minimum Gasteiger partial charge on any atom is -0.481 e. The fourth-order valence-corrected chi connectivity index (χ4v) is 2.48. The molecule has 0 bridgehead atoms. The van der Waals surface area contributed by atoms with Crippen molar-refractivity contribution in [2.24, 2.45) is 0 Å². The summed E-state index contributed by atoms with van der Waals surface area (Å²) in [6.07, 6.45) is 0. The second kappa shape index (κ2) is 4.06. The monoisotopic (exact) mass is 259 g/mol. The minimum atomic E-state index is -0.956. The van der Waals surface area contributed by atoms with Crippen molar-refractivity contribution in [2.45, 2.75) is 4.34 Å². The number of hydrogen-bond acceptors (Lipinski definition) is 8. The van der Waals surface area contributed by atoms with Crippen molar-refractivity contribution < 1.29 is 9.90 Å². The normalized spacial score (nSPS) is 10.8. The lowest BCUT2D eigenvalue weighted by molar-refractivity contribution is -0.133. The van der Waals surface area contributed by atoms with Crippen LogP contribution in [0.15, 0.2) is 9.13 Å². The van der Waals surface area contributed by atoms with Crippen molar-refractivity contribution in [3.05, 3.63) is 10.4 Å². The van der Waals surface area contributed by atoms with E-state index in [0.29, 0.717) is 4.34 Å². The highest BCUT2D eigenvalue weighted by molar-refractivity contribution is 8.01. The molecule has 0 aliphatic heterocycles. The fraction of sp³-hybridized carbons (Fsp3) is 0.167. The van der Waals surface area contributed by atoms with E-state index in [0.717, 1.165) is 27.6 Å². The molecule has 2 aromatic rings. The molecule has 10 heteroatoms. The molecule has 0 spiro atoms. The van der Waals surface area contributed by atoms with E-state index in [1.807, 2.05) is 0 Å². The van der Waals surface area contributed by atoms with Gasteiger partial charge in [0.1, 0.15) is 0 Å². The lowest BCUT2D eigenvalue weighted by atomic mass is 10.7. The largest absolute Gasteiger partial charge is 0.481 e. The Balaban J connectivity index is 2.40. The molecule has 0 aliphatic rings. The molecule has 0 aliphatic carbocycles. The van der Waals surface area contributed by atoms with Crippen molar-refractivity contribution in [3.63, 3.8) is 0 Å². The summed E-state index contributed by atoms with van der Waals surface area (Å²) in [6, 6.07) is 0. The van der Waals surface area contributed by atoms with E-state index >= 15 is 0 Å². The van der Waals surface area contributed by atoms with Crippen LogP contribution in [0.4, 0.5) is 5.82 Å². The lowest BCUT2D eigenvalue weighted by Crippen LogP contribution is -2.20. The third-order valence-corrected chi connectivity index (χ3v) is 3.53. The third kappa shape index (κ3) is 1.97. The quantitative estimate of drug-likeness (QED) is 0.694. The zero-order chi connectivity index (χ0) is 11.7. The van der Waals surface area contributed by atoms with Gasteiger partial charge in [-0.1, -0.05) is 23.1 Å². The second-order valence-corrected chi connectivity index (χ2v) is 4.81. The average Bonchev–Trinajstić information content (AvgIpc) is 2.64. The fourth-order valence-electron chi connectivity index (χ4n) is 0.891. The van der Waals surface area contributed by atoms with E-state index in [9.17, 15) is 9.59 Å². The maximum absolute atomic E-state index is 11.4. The van der Waals surface area contributed by atoms with E-state index in [4.69, 9.17) is 10.8 Å². The summed E-state index contributed by atoms with van der Waals surface area (Å²) in [5, 5.41) is 19.5. The zero-order valence-electron chi connectivity index (χ0n) is 7.65. The molecule has 0 amide bonds. The first kappa shape index (κ1) is 10.8. The number of rotatable bonds is 3. The number of thioether (sulfide) groups is 1. The Morgan fingerprint density at radius 1 is 1.56 bits per heavy atom. The molecule has 8 nitrogen and oxygen atoms in total. The first-order valence-electron chi connectivity index (χ1n) is 3.94. The van der Waals surface area contributed by atoms with Crippen LogP contribution in [0, 0.1) is 0 Å². The molecule has 16 heavy (non-hydrogen) atoms. The third-order valence-electron chi connectivity index (χ3n) is 1.52. The number of aliphatic carboxylic acids is 1. The highest BCUT2D eigenvalue weighted by atomic mass is 32.2. The molecule has 0 saturated heterocycles. The maximum atomic E-state index is 11.4. The Hall–Kier alpha value is -1.68. The van der Waals surface area contributed by atoms with Gasteiger partial charge in [-0.05, 0) is 0 Å². The standard InChI is InChI=1S/C6H5N5O3S2/c7-3-4(14)11-5(9-8-3)16-6(10-11)15-1-2(12)13/h1H2,(H2,7,8)(H,12,13).